The molecule has 0 bridgehead atoms. The second kappa shape index (κ2) is 9.26. The van der Waals surface area contributed by atoms with Gasteiger partial charge in [0.1, 0.15) is 11.7 Å². The first-order chi connectivity index (χ1) is 14.2. The molecule has 1 unspecified atom stereocenters. The zero-order valence-corrected chi connectivity index (χ0v) is 16.9. The first-order valence-electron chi connectivity index (χ1n) is 10.9. The molecular formula is C23H30O6. The minimum Gasteiger partial charge on any atom is -0.487 e. The predicted molar refractivity (Wildman–Crippen MR) is 106 cm³/mol. The Hall–Kier alpha value is -1.92. The van der Waals surface area contributed by atoms with E-state index in [9.17, 15) is 9.59 Å². The number of hydrogen-bond donors (Lipinski definition) is 0. The van der Waals surface area contributed by atoms with Gasteiger partial charge in [0.25, 0.3) is 0 Å². The van der Waals surface area contributed by atoms with Gasteiger partial charge in [-0.05, 0) is 37.8 Å². The summed E-state index contributed by atoms with van der Waals surface area (Å²) in [6.45, 7) is 0.988. The number of carbonyl (C=O) groups excluding carboxylic acids is 2. The second-order valence-electron chi connectivity index (χ2n) is 8.28. The van der Waals surface area contributed by atoms with Crippen molar-refractivity contribution >= 4 is 11.8 Å². The molecule has 6 heteroatoms. The Balaban J connectivity index is 1.43. The van der Waals surface area contributed by atoms with Crippen LogP contribution in [0.5, 0.6) is 11.5 Å². The number of Topliss-reactive ketones (excluding diaryl/α,β-unsaturated/α-hetero) is 1. The fourth-order valence-corrected chi connectivity index (χ4v) is 4.52. The van der Waals surface area contributed by atoms with Crippen LogP contribution in [0.25, 0.3) is 0 Å². The molecule has 1 aliphatic heterocycles. The highest BCUT2D eigenvalue weighted by molar-refractivity contribution is 6.00. The molecule has 1 atom stereocenters. The summed E-state index contributed by atoms with van der Waals surface area (Å²) in [5.41, 5.74) is 0. The summed E-state index contributed by atoms with van der Waals surface area (Å²) in [7, 11) is 0. The number of rotatable bonds is 4. The van der Waals surface area contributed by atoms with E-state index in [0.29, 0.717) is 31.1 Å². The van der Waals surface area contributed by atoms with Gasteiger partial charge in [-0.3, -0.25) is 9.59 Å². The summed E-state index contributed by atoms with van der Waals surface area (Å²) < 4.78 is 23.3. The molecule has 158 valence electrons. The summed E-state index contributed by atoms with van der Waals surface area (Å²) in [6, 6.07) is 7.23. The third kappa shape index (κ3) is 4.98. The number of carbonyl (C=O) groups is 2. The molecule has 2 saturated carbocycles. The highest BCUT2D eigenvalue weighted by Gasteiger charge is 2.48. The number of ether oxygens (including phenoxy) is 4. The van der Waals surface area contributed by atoms with Crippen molar-refractivity contribution in [2.45, 2.75) is 76.1 Å². The molecule has 2 aliphatic carbocycles. The first kappa shape index (κ1) is 20.4. The van der Waals surface area contributed by atoms with E-state index in [-0.39, 0.29) is 24.7 Å². The Labute approximate surface area is 171 Å². The zero-order valence-electron chi connectivity index (χ0n) is 16.9. The van der Waals surface area contributed by atoms with Crippen molar-refractivity contribution in [2.24, 2.45) is 5.92 Å². The van der Waals surface area contributed by atoms with E-state index in [0.717, 1.165) is 25.7 Å². The molecule has 0 amide bonds. The van der Waals surface area contributed by atoms with E-state index in [4.69, 9.17) is 18.9 Å². The molecule has 1 saturated heterocycles. The monoisotopic (exact) mass is 402 g/mol. The molecule has 4 rings (SSSR count). The average Bonchev–Trinajstić information content (AvgIpc) is 3.15. The van der Waals surface area contributed by atoms with Gasteiger partial charge in [-0.1, -0.05) is 31.4 Å². The van der Waals surface area contributed by atoms with Crippen LogP contribution in [0.4, 0.5) is 0 Å². The van der Waals surface area contributed by atoms with Crippen molar-refractivity contribution in [3.05, 3.63) is 24.3 Å². The molecule has 3 aliphatic rings. The summed E-state index contributed by atoms with van der Waals surface area (Å²) >= 11 is 0. The maximum Gasteiger partial charge on any atom is 0.322 e. The third-order valence-corrected chi connectivity index (χ3v) is 6.16. The fraction of sp³-hybridized carbons (Fsp3) is 0.652. The van der Waals surface area contributed by atoms with Gasteiger partial charge in [-0.25, -0.2) is 0 Å². The van der Waals surface area contributed by atoms with Gasteiger partial charge in [-0.15, -0.1) is 0 Å². The molecular weight excluding hydrogens is 372 g/mol. The van der Waals surface area contributed by atoms with Crippen molar-refractivity contribution < 1.29 is 28.5 Å². The largest absolute Gasteiger partial charge is 0.487 e. The lowest BCUT2D eigenvalue weighted by atomic mass is 9.83. The molecule has 1 aromatic rings. The van der Waals surface area contributed by atoms with Crippen LogP contribution in [0.15, 0.2) is 24.3 Å². The lowest BCUT2D eigenvalue weighted by molar-refractivity contribution is -0.193. The number of ketones is 1. The quantitative estimate of drug-likeness (QED) is 0.427. The van der Waals surface area contributed by atoms with Crippen LogP contribution in [-0.4, -0.2) is 36.9 Å². The van der Waals surface area contributed by atoms with Gasteiger partial charge in [0.05, 0.1) is 19.3 Å². The Morgan fingerprint density at radius 3 is 2.34 bits per heavy atom. The molecule has 0 N–H and O–H groups in total. The minimum absolute atomic E-state index is 0.113. The molecule has 0 aromatic heterocycles. The van der Waals surface area contributed by atoms with Crippen LogP contribution in [0.1, 0.15) is 64.2 Å². The molecule has 0 radical (unpaired) electrons. The van der Waals surface area contributed by atoms with Crippen LogP contribution in [0.3, 0.4) is 0 Å². The third-order valence-electron chi connectivity index (χ3n) is 6.16. The van der Waals surface area contributed by atoms with E-state index in [1.54, 1.807) is 12.1 Å². The van der Waals surface area contributed by atoms with Crippen LogP contribution >= 0.6 is 0 Å². The fourth-order valence-electron chi connectivity index (χ4n) is 4.52. The summed E-state index contributed by atoms with van der Waals surface area (Å²) in [6.07, 6.45) is 9.24. The van der Waals surface area contributed by atoms with Crippen molar-refractivity contribution in [3.63, 3.8) is 0 Å². The molecule has 1 heterocycles. The van der Waals surface area contributed by atoms with Gasteiger partial charge >= 0.3 is 5.97 Å². The van der Waals surface area contributed by atoms with E-state index in [1.807, 2.05) is 12.1 Å². The molecule has 1 spiro atoms. The van der Waals surface area contributed by atoms with Gasteiger partial charge in [0.2, 0.25) is 0 Å². The van der Waals surface area contributed by atoms with Crippen molar-refractivity contribution in [1.82, 2.24) is 0 Å². The van der Waals surface area contributed by atoms with Gasteiger partial charge in [0.15, 0.2) is 17.3 Å². The maximum absolute atomic E-state index is 12.9. The molecule has 3 fully saturated rings. The van der Waals surface area contributed by atoms with Gasteiger partial charge < -0.3 is 18.9 Å². The molecule has 6 nitrogen and oxygen atoms in total. The Bertz CT molecular complexity index is 716. The van der Waals surface area contributed by atoms with Crippen LogP contribution in [-0.2, 0) is 19.1 Å². The number of para-hydroxylation sites is 2. The lowest BCUT2D eigenvalue weighted by Gasteiger charge is -2.34. The van der Waals surface area contributed by atoms with E-state index in [1.165, 1.54) is 19.3 Å². The van der Waals surface area contributed by atoms with Gasteiger partial charge in [-0.2, -0.15) is 0 Å². The number of esters is 1. The van der Waals surface area contributed by atoms with Crippen molar-refractivity contribution in [2.75, 3.05) is 13.2 Å². The average molecular weight is 402 g/mol. The van der Waals surface area contributed by atoms with E-state index >= 15 is 0 Å². The number of hydrogen-bond acceptors (Lipinski definition) is 6. The summed E-state index contributed by atoms with van der Waals surface area (Å²) in [5, 5.41) is 0. The smallest absolute Gasteiger partial charge is 0.322 e. The van der Waals surface area contributed by atoms with Crippen molar-refractivity contribution in [1.29, 1.82) is 0 Å². The number of benzene rings is 1. The first-order valence-corrected chi connectivity index (χ1v) is 10.9. The van der Waals surface area contributed by atoms with Crippen molar-refractivity contribution in [3.8, 4) is 11.5 Å². The zero-order chi connectivity index (χ0) is 20.1. The predicted octanol–water partition coefficient (Wildman–Crippen LogP) is 4.20. The van der Waals surface area contributed by atoms with Crippen LogP contribution in [0, 0.1) is 5.92 Å². The standard InChI is InChI=1S/C23H30O6/c24-19-12-13-23(26-14-15-27-23)16-18(19)22(25)29-21-11-7-6-10-20(21)28-17-8-4-2-1-3-5-9-17/h6-7,10-11,17-18H,1-5,8-9,12-16H2. The highest BCUT2D eigenvalue weighted by atomic mass is 16.7. The normalized spacial score (nSPS) is 25.4. The Kier molecular flexibility index (Phi) is 6.50. The Morgan fingerprint density at radius 1 is 0.966 bits per heavy atom. The lowest BCUT2D eigenvalue weighted by Crippen LogP contribution is -2.44. The van der Waals surface area contributed by atoms with Crippen LogP contribution < -0.4 is 9.47 Å². The van der Waals surface area contributed by atoms with Gasteiger partial charge in [0, 0.05) is 19.3 Å². The SMILES string of the molecule is O=C1CCC2(CC1C(=O)Oc1ccccc1OC1CCCCCCC1)OCCO2. The summed E-state index contributed by atoms with van der Waals surface area (Å²) in [4.78, 5) is 25.2. The summed E-state index contributed by atoms with van der Waals surface area (Å²) in [5.74, 6) is -1.40. The molecule has 29 heavy (non-hydrogen) atoms. The minimum atomic E-state index is -0.865. The highest BCUT2D eigenvalue weighted by Crippen LogP contribution is 2.38. The molecule has 1 aromatic carbocycles. The Morgan fingerprint density at radius 2 is 1.62 bits per heavy atom. The topological polar surface area (TPSA) is 71.1 Å². The van der Waals surface area contributed by atoms with Crippen LogP contribution in [0.2, 0.25) is 0 Å². The maximum atomic E-state index is 12.9. The second-order valence-corrected chi connectivity index (χ2v) is 8.28. The van der Waals surface area contributed by atoms with E-state index < -0.39 is 17.7 Å². The van der Waals surface area contributed by atoms with E-state index in [2.05, 4.69) is 0 Å².